The fourth-order valence-electron chi connectivity index (χ4n) is 4.03. The van der Waals surface area contributed by atoms with E-state index in [1.165, 1.54) is 5.56 Å². The Labute approximate surface area is 136 Å². The number of hydrogen-bond donors (Lipinski definition) is 2. The van der Waals surface area contributed by atoms with Gasteiger partial charge in [-0.05, 0) is 28.7 Å². The van der Waals surface area contributed by atoms with E-state index in [0.717, 1.165) is 23.1 Å². The van der Waals surface area contributed by atoms with Crippen molar-refractivity contribution in [2.75, 3.05) is 0 Å². The zero-order valence-corrected chi connectivity index (χ0v) is 12.9. The molecular weight excluding hydrogens is 280 g/mol. The van der Waals surface area contributed by atoms with Gasteiger partial charge in [0.1, 0.15) is 5.66 Å². The third kappa shape index (κ3) is 1.89. The lowest BCUT2D eigenvalue weighted by Crippen LogP contribution is -2.60. The largest absolute Gasteiger partial charge is 0.309 e. The molecule has 4 N–H and O–H groups in total. The van der Waals surface area contributed by atoms with E-state index in [-0.39, 0.29) is 0 Å². The maximum Gasteiger partial charge on any atom is 0.105 e. The van der Waals surface area contributed by atoms with Crippen LogP contribution in [0, 0.1) is 0 Å². The van der Waals surface area contributed by atoms with Crippen molar-refractivity contribution in [2.24, 2.45) is 11.5 Å². The van der Waals surface area contributed by atoms with Gasteiger partial charge in [-0.3, -0.25) is 0 Å². The molecule has 0 saturated heterocycles. The van der Waals surface area contributed by atoms with Crippen molar-refractivity contribution in [3.63, 3.8) is 0 Å². The summed E-state index contributed by atoms with van der Waals surface area (Å²) in [5.74, 6) is 0. The van der Waals surface area contributed by atoms with Gasteiger partial charge in [0.15, 0.2) is 0 Å². The van der Waals surface area contributed by atoms with Crippen molar-refractivity contribution in [3.8, 4) is 0 Å². The SMILES string of the molecule is NC1(N)c2ccccc2CC1(c1ccccc1)c1ccccc1. The van der Waals surface area contributed by atoms with Crippen LogP contribution < -0.4 is 11.5 Å². The lowest BCUT2D eigenvalue weighted by Gasteiger charge is -2.42. The van der Waals surface area contributed by atoms with Crippen LogP contribution in [0.5, 0.6) is 0 Å². The van der Waals surface area contributed by atoms with Gasteiger partial charge in [-0.2, -0.15) is 0 Å². The highest BCUT2D eigenvalue weighted by atomic mass is 15.0. The summed E-state index contributed by atoms with van der Waals surface area (Å²) in [6, 6.07) is 29.1. The second kappa shape index (κ2) is 5.05. The number of benzene rings is 3. The Morgan fingerprint density at radius 2 is 1.09 bits per heavy atom. The molecule has 0 atom stereocenters. The molecule has 0 unspecified atom stereocenters. The Bertz CT molecular complexity index is 783. The van der Waals surface area contributed by atoms with Crippen LogP contribution in [0.4, 0.5) is 0 Å². The van der Waals surface area contributed by atoms with E-state index >= 15 is 0 Å². The molecule has 4 rings (SSSR count). The van der Waals surface area contributed by atoms with Crippen LogP contribution in [0.1, 0.15) is 22.3 Å². The first-order valence-electron chi connectivity index (χ1n) is 7.93. The maximum absolute atomic E-state index is 6.81. The van der Waals surface area contributed by atoms with Gasteiger partial charge < -0.3 is 11.5 Å². The van der Waals surface area contributed by atoms with E-state index in [9.17, 15) is 0 Å². The lowest BCUT2D eigenvalue weighted by molar-refractivity contribution is 0.298. The van der Waals surface area contributed by atoms with Crippen LogP contribution >= 0.6 is 0 Å². The molecule has 0 fully saturated rings. The molecule has 114 valence electrons. The first kappa shape index (κ1) is 14.2. The van der Waals surface area contributed by atoms with Crippen LogP contribution in [-0.2, 0) is 17.5 Å². The van der Waals surface area contributed by atoms with Crippen molar-refractivity contribution in [1.29, 1.82) is 0 Å². The molecule has 23 heavy (non-hydrogen) atoms. The highest BCUT2D eigenvalue weighted by molar-refractivity contribution is 5.55. The Morgan fingerprint density at radius 1 is 0.609 bits per heavy atom. The summed E-state index contributed by atoms with van der Waals surface area (Å²) in [5.41, 5.74) is 16.8. The smallest absolute Gasteiger partial charge is 0.105 e. The van der Waals surface area contributed by atoms with Crippen LogP contribution in [0.15, 0.2) is 84.9 Å². The molecule has 0 aliphatic heterocycles. The van der Waals surface area contributed by atoms with E-state index in [1.54, 1.807) is 0 Å². The van der Waals surface area contributed by atoms with Gasteiger partial charge in [-0.15, -0.1) is 0 Å². The average Bonchev–Trinajstić information content (AvgIpc) is 2.85. The summed E-state index contributed by atoms with van der Waals surface area (Å²) in [6.45, 7) is 0. The third-order valence-corrected chi connectivity index (χ3v) is 5.16. The minimum Gasteiger partial charge on any atom is -0.309 e. The van der Waals surface area contributed by atoms with Crippen molar-refractivity contribution in [2.45, 2.75) is 17.5 Å². The summed E-state index contributed by atoms with van der Waals surface area (Å²) in [5, 5.41) is 0. The predicted octanol–water partition coefficient (Wildman–Crippen LogP) is 3.30. The third-order valence-electron chi connectivity index (χ3n) is 5.16. The molecule has 3 aromatic carbocycles. The monoisotopic (exact) mass is 300 g/mol. The molecule has 2 nitrogen and oxygen atoms in total. The van der Waals surface area contributed by atoms with Crippen molar-refractivity contribution < 1.29 is 0 Å². The Morgan fingerprint density at radius 3 is 1.61 bits per heavy atom. The zero-order chi connectivity index (χ0) is 15.9. The average molecular weight is 300 g/mol. The van der Waals surface area contributed by atoms with Gasteiger partial charge in [0, 0.05) is 0 Å². The van der Waals surface area contributed by atoms with Crippen LogP contribution in [0.25, 0.3) is 0 Å². The Kier molecular flexibility index (Phi) is 3.12. The van der Waals surface area contributed by atoms with Gasteiger partial charge in [0.05, 0.1) is 5.41 Å². The number of fused-ring (bicyclic) bond motifs is 1. The summed E-state index contributed by atoms with van der Waals surface area (Å²) in [7, 11) is 0. The maximum atomic E-state index is 6.81. The molecule has 2 heteroatoms. The molecule has 3 aromatic rings. The molecule has 0 aromatic heterocycles. The first-order chi connectivity index (χ1) is 11.2. The van der Waals surface area contributed by atoms with Crippen molar-refractivity contribution >= 4 is 0 Å². The van der Waals surface area contributed by atoms with Gasteiger partial charge in [0.25, 0.3) is 0 Å². The molecule has 0 spiro atoms. The standard InChI is InChI=1S/C21H20N2/c22-21(23)19-14-8-7-9-16(19)15-20(21,17-10-3-1-4-11-17)18-12-5-2-6-13-18/h1-14H,15,22-23H2. The molecule has 0 saturated carbocycles. The fraction of sp³-hybridized carbons (Fsp3) is 0.143. The summed E-state index contributed by atoms with van der Waals surface area (Å²) < 4.78 is 0. The zero-order valence-electron chi connectivity index (χ0n) is 12.9. The first-order valence-corrected chi connectivity index (χ1v) is 7.93. The van der Waals surface area contributed by atoms with Crippen LogP contribution in [0.3, 0.4) is 0 Å². The lowest BCUT2D eigenvalue weighted by atomic mass is 9.66. The predicted molar refractivity (Wildman–Crippen MR) is 93.9 cm³/mol. The van der Waals surface area contributed by atoms with E-state index < -0.39 is 11.1 Å². The van der Waals surface area contributed by atoms with Crippen LogP contribution in [-0.4, -0.2) is 0 Å². The topological polar surface area (TPSA) is 52.0 Å². The van der Waals surface area contributed by atoms with Gasteiger partial charge >= 0.3 is 0 Å². The van der Waals surface area contributed by atoms with Crippen molar-refractivity contribution in [1.82, 2.24) is 0 Å². The highest BCUT2D eigenvalue weighted by Gasteiger charge is 2.55. The fourth-order valence-corrected chi connectivity index (χ4v) is 4.03. The van der Waals surface area contributed by atoms with E-state index in [4.69, 9.17) is 11.5 Å². The second-order valence-electron chi connectivity index (χ2n) is 6.34. The minimum atomic E-state index is -0.952. The summed E-state index contributed by atoms with van der Waals surface area (Å²) in [6.07, 6.45) is 0.810. The molecule has 0 bridgehead atoms. The molecule has 0 heterocycles. The van der Waals surface area contributed by atoms with Crippen molar-refractivity contribution in [3.05, 3.63) is 107 Å². The Balaban J connectivity index is 2.04. The number of rotatable bonds is 2. The van der Waals surface area contributed by atoms with E-state index in [2.05, 4.69) is 66.7 Å². The minimum absolute atomic E-state index is 0.459. The highest BCUT2D eigenvalue weighted by Crippen LogP contribution is 2.51. The molecule has 0 amide bonds. The number of hydrogen-bond acceptors (Lipinski definition) is 2. The van der Waals surface area contributed by atoms with Gasteiger partial charge in [-0.1, -0.05) is 84.9 Å². The Hall–Kier alpha value is -2.42. The summed E-state index contributed by atoms with van der Waals surface area (Å²) in [4.78, 5) is 0. The van der Waals surface area contributed by atoms with Gasteiger partial charge in [0.2, 0.25) is 0 Å². The van der Waals surface area contributed by atoms with E-state index in [0.29, 0.717) is 0 Å². The quantitative estimate of drug-likeness (QED) is 0.713. The number of nitrogens with two attached hydrogens (primary N) is 2. The van der Waals surface area contributed by atoms with Gasteiger partial charge in [-0.25, -0.2) is 0 Å². The van der Waals surface area contributed by atoms with Crippen LogP contribution in [0.2, 0.25) is 0 Å². The van der Waals surface area contributed by atoms with E-state index in [1.807, 2.05) is 18.2 Å². The normalized spacial score (nSPS) is 17.7. The molecular formula is C21H20N2. The molecule has 1 aliphatic carbocycles. The molecule has 0 radical (unpaired) electrons. The second-order valence-corrected chi connectivity index (χ2v) is 6.34. The molecule has 1 aliphatic rings. The summed E-state index contributed by atoms with van der Waals surface area (Å²) >= 11 is 0.